The van der Waals surface area contributed by atoms with Gasteiger partial charge in [-0.3, -0.25) is 4.79 Å². The van der Waals surface area contributed by atoms with Gasteiger partial charge in [0.05, 0.1) is 4.47 Å². The molecule has 15 heavy (non-hydrogen) atoms. The van der Waals surface area contributed by atoms with Crippen LogP contribution in [0.25, 0.3) is 0 Å². The highest BCUT2D eigenvalue weighted by Crippen LogP contribution is 2.05. The number of nitrogens with zero attached hydrogens (tertiary/aromatic N) is 1. The fourth-order valence-electron chi connectivity index (χ4n) is 1.57. The lowest BCUT2D eigenvalue weighted by Gasteiger charge is -2.05. The summed E-state index contributed by atoms with van der Waals surface area (Å²) in [5.74, 6) is 0. The topological polar surface area (TPSA) is 22.0 Å². The van der Waals surface area contributed by atoms with E-state index >= 15 is 0 Å². The van der Waals surface area contributed by atoms with E-state index in [0.717, 1.165) is 13.0 Å². The molecule has 0 atom stereocenters. The van der Waals surface area contributed by atoms with Gasteiger partial charge < -0.3 is 4.57 Å². The Morgan fingerprint density at radius 2 is 2.00 bits per heavy atom. The molecular weight excluding hydrogens is 254 g/mol. The van der Waals surface area contributed by atoms with E-state index in [1.54, 1.807) is 10.6 Å². The van der Waals surface area contributed by atoms with E-state index in [1.807, 2.05) is 12.3 Å². The quantitative estimate of drug-likeness (QED) is 0.725. The van der Waals surface area contributed by atoms with Gasteiger partial charge in [0.1, 0.15) is 0 Å². The molecule has 0 amide bonds. The monoisotopic (exact) mass is 271 g/mol. The lowest BCUT2D eigenvalue weighted by Crippen LogP contribution is -2.19. The molecule has 1 aromatic rings. The molecule has 0 saturated heterocycles. The molecule has 0 aliphatic carbocycles. The van der Waals surface area contributed by atoms with Crippen molar-refractivity contribution in [2.45, 2.75) is 45.6 Å². The highest BCUT2D eigenvalue weighted by molar-refractivity contribution is 9.10. The summed E-state index contributed by atoms with van der Waals surface area (Å²) in [6.07, 6.45) is 8.00. The minimum Gasteiger partial charge on any atom is -0.315 e. The van der Waals surface area contributed by atoms with Crippen molar-refractivity contribution in [1.29, 1.82) is 0 Å². The zero-order chi connectivity index (χ0) is 11.1. The first-order chi connectivity index (χ1) is 7.25. The third-order valence-corrected chi connectivity index (χ3v) is 3.08. The fraction of sp³-hybridized carbons (Fsp3) is 0.583. The molecule has 0 aliphatic heterocycles. The standard InChI is InChI=1S/C12H18BrNO/c1-2-3-4-5-6-9-14-10-7-8-11(13)12(14)15/h7-8,10H,2-6,9H2,1H3. The number of hydrogen-bond donors (Lipinski definition) is 0. The maximum Gasteiger partial charge on any atom is 0.264 e. The van der Waals surface area contributed by atoms with Gasteiger partial charge >= 0.3 is 0 Å². The van der Waals surface area contributed by atoms with E-state index in [2.05, 4.69) is 22.9 Å². The average molecular weight is 272 g/mol. The Kier molecular flexibility index (Phi) is 5.69. The Morgan fingerprint density at radius 1 is 1.27 bits per heavy atom. The summed E-state index contributed by atoms with van der Waals surface area (Å²) in [6.45, 7) is 3.04. The smallest absolute Gasteiger partial charge is 0.264 e. The Hall–Kier alpha value is -0.570. The van der Waals surface area contributed by atoms with Crippen LogP contribution in [0.5, 0.6) is 0 Å². The lowest BCUT2D eigenvalue weighted by molar-refractivity contribution is 0.557. The van der Waals surface area contributed by atoms with Gasteiger partial charge in [0.15, 0.2) is 0 Å². The maximum atomic E-state index is 11.6. The van der Waals surface area contributed by atoms with Crippen molar-refractivity contribution in [2.75, 3.05) is 0 Å². The minimum absolute atomic E-state index is 0.0768. The van der Waals surface area contributed by atoms with Crippen LogP contribution in [0, 0.1) is 0 Å². The molecule has 0 fully saturated rings. The van der Waals surface area contributed by atoms with Crippen molar-refractivity contribution in [2.24, 2.45) is 0 Å². The Morgan fingerprint density at radius 3 is 2.73 bits per heavy atom. The van der Waals surface area contributed by atoms with Crippen molar-refractivity contribution in [3.8, 4) is 0 Å². The van der Waals surface area contributed by atoms with E-state index in [0.29, 0.717) is 4.47 Å². The zero-order valence-electron chi connectivity index (χ0n) is 9.21. The van der Waals surface area contributed by atoms with E-state index < -0.39 is 0 Å². The van der Waals surface area contributed by atoms with E-state index in [9.17, 15) is 4.79 Å². The molecule has 0 aromatic carbocycles. The van der Waals surface area contributed by atoms with Crippen LogP contribution in [-0.2, 0) is 6.54 Å². The number of unbranched alkanes of at least 4 members (excludes halogenated alkanes) is 4. The molecule has 0 spiro atoms. The normalized spacial score (nSPS) is 10.5. The van der Waals surface area contributed by atoms with Crippen LogP contribution in [0.3, 0.4) is 0 Å². The van der Waals surface area contributed by atoms with Gasteiger partial charge in [0.25, 0.3) is 5.56 Å². The Bertz CT molecular complexity index is 346. The third kappa shape index (κ3) is 4.20. The number of pyridine rings is 1. The second-order valence-corrected chi connectivity index (χ2v) is 4.62. The van der Waals surface area contributed by atoms with Gasteiger partial charge in [-0.1, -0.05) is 32.6 Å². The molecule has 0 bridgehead atoms. The lowest BCUT2D eigenvalue weighted by atomic mass is 10.1. The fourth-order valence-corrected chi connectivity index (χ4v) is 1.95. The first-order valence-corrected chi connectivity index (χ1v) is 6.40. The van der Waals surface area contributed by atoms with Gasteiger partial charge in [-0.05, 0) is 34.5 Å². The Labute approximate surface area is 99.4 Å². The number of aryl methyl sites for hydroxylation is 1. The highest BCUT2D eigenvalue weighted by atomic mass is 79.9. The second kappa shape index (κ2) is 6.83. The third-order valence-electron chi connectivity index (χ3n) is 2.48. The molecule has 3 heteroatoms. The summed E-state index contributed by atoms with van der Waals surface area (Å²) < 4.78 is 2.43. The molecule has 2 nitrogen and oxygen atoms in total. The van der Waals surface area contributed by atoms with E-state index in [1.165, 1.54) is 25.7 Å². The van der Waals surface area contributed by atoms with Crippen LogP contribution in [0.4, 0.5) is 0 Å². The summed E-state index contributed by atoms with van der Waals surface area (Å²) >= 11 is 3.25. The zero-order valence-corrected chi connectivity index (χ0v) is 10.8. The van der Waals surface area contributed by atoms with E-state index in [-0.39, 0.29) is 5.56 Å². The van der Waals surface area contributed by atoms with Crippen LogP contribution in [-0.4, -0.2) is 4.57 Å². The molecule has 1 rings (SSSR count). The van der Waals surface area contributed by atoms with Crippen LogP contribution in [0.2, 0.25) is 0 Å². The van der Waals surface area contributed by atoms with Crippen molar-refractivity contribution in [1.82, 2.24) is 4.57 Å². The van der Waals surface area contributed by atoms with Gasteiger partial charge in [-0.2, -0.15) is 0 Å². The number of hydrogen-bond acceptors (Lipinski definition) is 1. The van der Waals surface area contributed by atoms with Crippen LogP contribution >= 0.6 is 15.9 Å². The Balaban J connectivity index is 2.38. The van der Waals surface area contributed by atoms with Gasteiger partial charge in [-0.15, -0.1) is 0 Å². The van der Waals surface area contributed by atoms with Crippen molar-refractivity contribution in [3.63, 3.8) is 0 Å². The summed E-state index contributed by atoms with van der Waals surface area (Å²) in [4.78, 5) is 11.6. The van der Waals surface area contributed by atoms with Crippen molar-refractivity contribution < 1.29 is 0 Å². The van der Waals surface area contributed by atoms with Crippen LogP contribution in [0.15, 0.2) is 27.6 Å². The number of aromatic nitrogens is 1. The largest absolute Gasteiger partial charge is 0.315 e. The highest BCUT2D eigenvalue weighted by Gasteiger charge is 1.98. The summed E-state index contributed by atoms with van der Waals surface area (Å²) in [5.41, 5.74) is 0.0768. The predicted octanol–water partition coefficient (Wildman–Crippen LogP) is 3.58. The molecule has 84 valence electrons. The first-order valence-electron chi connectivity index (χ1n) is 5.60. The summed E-state index contributed by atoms with van der Waals surface area (Å²) in [7, 11) is 0. The second-order valence-electron chi connectivity index (χ2n) is 3.77. The van der Waals surface area contributed by atoms with Crippen LogP contribution < -0.4 is 5.56 Å². The molecule has 0 N–H and O–H groups in total. The molecule has 0 unspecified atom stereocenters. The summed E-state index contributed by atoms with van der Waals surface area (Å²) in [6, 6.07) is 3.69. The predicted molar refractivity (Wildman–Crippen MR) is 67.2 cm³/mol. The molecule has 0 saturated carbocycles. The van der Waals surface area contributed by atoms with Crippen molar-refractivity contribution >= 4 is 15.9 Å². The molecular formula is C12H18BrNO. The molecule has 1 aromatic heterocycles. The van der Waals surface area contributed by atoms with Gasteiger partial charge in [0, 0.05) is 12.7 Å². The minimum atomic E-state index is 0.0768. The van der Waals surface area contributed by atoms with Gasteiger partial charge in [-0.25, -0.2) is 0 Å². The number of halogens is 1. The van der Waals surface area contributed by atoms with Crippen molar-refractivity contribution in [3.05, 3.63) is 33.2 Å². The van der Waals surface area contributed by atoms with Crippen LogP contribution in [0.1, 0.15) is 39.0 Å². The van der Waals surface area contributed by atoms with Gasteiger partial charge in [0.2, 0.25) is 0 Å². The SMILES string of the molecule is CCCCCCCn1cccc(Br)c1=O. The first kappa shape index (κ1) is 12.5. The number of rotatable bonds is 6. The average Bonchev–Trinajstić information content (AvgIpc) is 2.24. The molecule has 0 radical (unpaired) electrons. The van der Waals surface area contributed by atoms with E-state index in [4.69, 9.17) is 0 Å². The maximum absolute atomic E-state index is 11.6. The molecule has 1 heterocycles. The molecule has 0 aliphatic rings. The summed E-state index contributed by atoms with van der Waals surface area (Å²) in [5, 5.41) is 0.